The molecule has 1 unspecified atom stereocenters. The molecule has 0 saturated carbocycles. The molecule has 0 aliphatic carbocycles. The zero-order valence-electron chi connectivity index (χ0n) is 10.8. The molecule has 1 N–H and O–H groups in total. The minimum Gasteiger partial charge on any atom is -0.338 e. The predicted molar refractivity (Wildman–Crippen MR) is 79.4 cm³/mol. The lowest BCUT2D eigenvalue weighted by Gasteiger charge is -2.33. The fourth-order valence-electron chi connectivity index (χ4n) is 2.57. The van der Waals surface area contributed by atoms with Gasteiger partial charge in [0.1, 0.15) is 0 Å². The Balaban J connectivity index is 1.91. The Hall–Kier alpha value is -0.720. The van der Waals surface area contributed by atoms with Crippen LogP contribution in [0.2, 0.25) is 0 Å². The molecule has 2 aromatic rings. The van der Waals surface area contributed by atoms with E-state index in [0.29, 0.717) is 5.82 Å². The summed E-state index contributed by atoms with van der Waals surface area (Å²) in [7, 11) is 0. The van der Waals surface area contributed by atoms with E-state index in [4.69, 9.17) is 4.52 Å². The molecule has 0 aromatic carbocycles. The van der Waals surface area contributed by atoms with Crippen LogP contribution in [0.15, 0.2) is 20.4 Å². The van der Waals surface area contributed by atoms with Gasteiger partial charge in [0.2, 0.25) is 11.7 Å². The molecule has 6 heteroatoms. The van der Waals surface area contributed by atoms with Crippen LogP contribution in [0.3, 0.4) is 0 Å². The van der Waals surface area contributed by atoms with Crippen LogP contribution >= 0.6 is 27.3 Å². The van der Waals surface area contributed by atoms with Gasteiger partial charge < -0.3 is 9.84 Å². The van der Waals surface area contributed by atoms with Gasteiger partial charge in [0, 0.05) is 16.4 Å². The molecule has 0 amide bonds. The molecule has 1 saturated heterocycles. The zero-order valence-corrected chi connectivity index (χ0v) is 13.2. The minimum absolute atomic E-state index is 0.0119. The van der Waals surface area contributed by atoms with E-state index >= 15 is 0 Å². The van der Waals surface area contributed by atoms with E-state index in [9.17, 15) is 0 Å². The van der Waals surface area contributed by atoms with Gasteiger partial charge in [-0.2, -0.15) is 4.98 Å². The van der Waals surface area contributed by atoms with E-state index in [-0.39, 0.29) is 5.41 Å². The van der Waals surface area contributed by atoms with E-state index in [2.05, 4.69) is 38.3 Å². The maximum atomic E-state index is 5.55. The highest BCUT2D eigenvalue weighted by atomic mass is 79.9. The van der Waals surface area contributed by atoms with Crippen molar-refractivity contribution in [3.8, 4) is 10.7 Å². The van der Waals surface area contributed by atoms with Gasteiger partial charge in [0.05, 0.1) is 10.3 Å². The fraction of sp³-hybridized carbons (Fsp3) is 0.538. The highest BCUT2D eigenvalue weighted by molar-refractivity contribution is 9.10. The number of halogens is 1. The van der Waals surface area contributed by atoms with E-state index in [1.165, 1.54) is 0 Å². The Morgan fingerprint density at radius 1 is 1.58 bits per heavy atom. The molecule has 3 heterocycles. The molecule has 1 aliphatic rings. The van der Waals surface area contributed by atoms with Crippen LogP contribution in [0, 0.1) is 0 Å². The maximum Gasteiger partial charge on any atom is 0.234 e. The summed E-state index contributed by atoms with van der Waals surface area (Å²) in [5.74, 6) is 1.48. The smallest absolute Gasteiger partial charge is 0.234 e. The van der Waals surface area contributed by atoms with Crippen LogP contribution in [0.4, 0.5) is 0 Å². The van der Waals surface area contributed by atoms with E-state index < -0.39 is 0 Å². The predicted octanol–water partition coefficient (Wildman–Crippen LogP) is 3.59. The largest absolute Gasteiger partial charge is 0.338 e. The Bertz CT molecular complexity index is 560. The topological polar surface area (TPSA) is 51.0 Å². The molecule has 102 valence electrons. The number of hydrogen-bond acceptors (Lipinski definition) is 5. The number of nitrogens with one attached hydrogen (secondary N) is 1. The Morgan fingerprint density at radius 2 is 2.47 bits per heavy atom. The molecule has 0 radical (unpaired) electrons. The average molecular weight is 342 g/mol. The monoisotopic (exact) mass is 341 g/mol. The van der Waals surface area contributed by atoms with Crippen molar-refractivity contribution in [2.24, 2.45) is 0 Å². The van der Waals surface area contributed by atoms with Gasteiger partial charge in [0.25, 0.3) is 0 Å². The second-order valence-electron chi connectivity index (χ2n) is 4.97. The number of hydrogen-bond donors (Lipinski definition) is 1. The van der Waals surface area contributed by atoms with Crippen molar-refractivity contribution in [1.82, 2.24) is 15.5 Å². The van der Waals surface area contributed by atoms with Crippen LogP contribution in [0.25, 0.3) is 10.7 Å². The number of thiophene rings is 1. The van der Waals surface area contributed by atoms with Crippen molar-refractivity contribution >= 4 is 27.3 Å². The standard InChI is InChI=1S/C13H16BrN3OS/c1-2-13(4-3-5-15-8-13)12-16-11(17-18-12)10-6-9(14)7-19-10/h6-7,15H,2-5,8H2,1H3. The van der Waals surface area contributed by atoms with Crippen molar-refractivity contribution in [1.29, 1.82) is 0 Å². The lowest BCUT2D eigenvalue weighted by molar-refractivity contribution is 0.221. The Labute approximate surface area is 124 Å². The third kappa shape index (κ3) is 2.49. The molecule has 2 aromatic heterocycles. The van der Waals surface area contributed by atoms with E-state index in [0.717, 1.165) is 47.6 Å². The SMILES string of the molecule is CCC1(c2nc(-c3cc(Br)cs3)no2)CCCNC1. The van der Waals surface area contributed by atoms with Gasteiger partial charge >= 0.3 is 0 Å². The molecular formula is C13H16BrN3OS. The molecule has 4 nitrogen and oxygen atoms in total. The first-order valence-corrected chi connectivity index (χ1v) is 8.20. The summed E-state index contributed by atoms with van der Waals surface area (Å²) < 4.78 is 6.61. The number of aromatic nitrogens is 2. The second kappa shape index (κ2) is 5.34. The zero-order chi connectivity index (χ0) is 13.3. The van der Waals surface area contributed by atoms with Crippen molar-refractivity contribution in [2.45, 2.75) is 31.6 Å². The second-order valence-corrected chi connectivity index (χ2v) is 6.79. The van der Waals surface area contributed by atoms with Gasteiger partial charge in [-0.1, -0.05) is 12.1 Å². The third-order valence-corrected chi connectivity index (χ3v) is 5.50. The van der Waals surface area contributed by atoms with Crippen molar-refractivity contribution in [3.05, 3.63) is 21.8 Å². The first-order chi connectivity index (χ1) is 9.23. The lowest BCUT2D eigenvalue weighted by atomic mass is 9.78. The molecule has 0 spiro atoms. The Morgan fingerprint density at radius 3 is 3.11 bits per heavy atom. The molecule has 1 atom stereocenters. The quantitative estimate of drug-likeness (QED) is 0.926. The highest BCUT2D eigenvalue weighted by Crippen LogP contribution is 2.35. The van der Waals surface area contributed by atoms with Gasteiger partial charge in [0.15, 0.2) is 0 Å². The summed E-state index contributed by atoms with van der Waals surface area (Å²) in [6.45, 7) is 4.21. The minimum atomic E-state index is 0.0119. The summed E-state index contributed by atoms with van der Waals surface area (Å²) >= 11 is 5.07. The normalized spacial score (nSPS) is 23.7. The first kappa shape index (κ1) is 13.3. The molecule has 1 fully saturated rings. The van der Waals surface area contributed by atoms with Crippen LogP contribution in [-0.4, -0.2) is 23.2 Å². The van der Waals surface area contributed by atoms with Gasteiger partial charge in [-0.25, -0.2) is 0 Å². The molecule has 0 bridgehead atoms. The molecule has 1 aliphatic heterocycles. The van der Waals surface area contributed by atoms with Crippen molar-refractivity contribution < 1.29 is 4.52 Å². The lowest BCUT2D eigenvalue weighted by Crippen LogP contribution is -2.43. The Kier molecular flexibility index (Phi) is 3.73. The molecule has 3 rings (SSSR count). The average Bonchev–Trinajstić information content (AvgIpc) is 3.08. The van der Waals surface area contributed by atoms with Gasteiger partial charge in [-0.05, 0) is 47.8 Å². The van der Waals surface area contributed by atoms with Gasteiger partial charge in [-0.15, -0.1) is 11.3 Å². The summed E-state index contributed by atoms with van der Waals surface area (Å²) in [4.78, 5) is 5.67. The van der Waals surface area contributed by atoms with E-state index in [1.54, 1.807) is 11.3 Å². The summed E-state index contributed by atoms with van der Waals surface area (Å²) in [5.41, 5.74) is 0.0119. The van der Waals surface area contributed by atoms with Crippen LogP contribution in [0.1, 0.15) is 32.1 Å². The highest BCUT2D eigenvalue weighted by Gasteiger charge is 2.37. The van der Waals surface area contributed by atoms with Crippen LogP contribution in [0.5, 0.6) is 0 Å². The summed E-state index contributed by atoms with van der Waals surface area (Å²) in [6.07, 6.45) is 3.30. The van der Waals surface area contributed by atoms with Gasteiger partial charge in [-0.3, -0.25) is 0 Å². The molecule has 19 heavy (non-hydrogen) atoms. The summed E-state index contributed by atoms with van der Waals surface area (Å²) in [6, 6.07) is 2.02. The fourth-order valence-corrected chi connectivity index (χ4v) is 3.92. The maximum absolute atomic E-state index is 5.55. The van der Waals surface area contributed by atoms with Crippen LogP contribution in [-0.2, 0) is 5.41 Å². The van der Waals surface area contributed by atoms with Crippen molar-refractivity contribution in [2.75, 3.05) is 13.1 Å². The first-order valence-electron chi connectivity index (χ1n) is 6.53. The number of nitrogens with zero attached hydrogens (tertiary/aromatic N) is 2. The van der Waals surface area contributed by atoms with Crippen LogP contribution < -0.4 is 5.32 Å². The summed E-state index contributed by atoms with van der Waals surface area (Å²) in [5, 5.41) is 9.62. The number of piperidine rings is 1. The van der Waals surface area contributed by atoms with Crippen molar-refractivity contribution in [3.63, 3.8) is 0 Å². The molecular weight excluding hydrogens is 326 g/mol. The third-order valence-electron chi connectivity index (χ3n) is 3.82. The van der Waals surface area contributed by atoms with E-state index in [1.807, 2.05) is 11.4 Å². The number of rotatable bonds is 3.